The lowest BCUT2D eigenvalue weighted by Crippen LogP contribution is -2.16. The maximum absolute atomic E-state index is 9.11. The number of aryl methyl sites for hydroxylation is 1. The second-order valence-electron chi connectivity index (χ2n) is 4.89. The fourth-order valence-corrected chi connectivity index (χ4v) is 2.43. The lowest BCUT2D eigenvalue weighted by atomic mass is 9.86. The largest absolute Gasteiger partial charge is 0.410 e. The van der Waals surface area contributed by atoms with E-state index in [9.17, 15) is 0 Å². The molecule has 0 amide bonds. The van der Waals surface area contributed by atoms with Gasteiger partial charge in [0.2, 0.25) is 0 Å². The van der Waals surface area contributed by atoms with Crippen LogP contribution in [0.5, 0.6) is 0 Å². The molecule has 1 aromatic carbocycles. The Morgan fingerprint density at radius 3 is 2.61 bits per heavy atom. The van der Waals surface area contributed by atoms with Gasteiger partial charge in [-0.15, -0.1) is 0 Å². The molecule has 1 saturated carbocycles. The first-order chi connectivity index (χ1) is 8.81. The summed E-state index contributed by atoms with van der Waals surface area (Å²) in [5.74, 6) is 6.51. The van der Waals surface area contributed by atoms with Gasteiger partial charge in [-0.25, -0.2) is 0 Å². The molecule has 0 heterocycles. The molecular weight excluding hydrogens is 222 g/mol. The summed E-state index contributed by atoms with van der Waals surface area (Å²) in [5.41, 5.74) is 2.82. The van der Waals surface area contributed by atoms with Crippen molar-refractivity contribution in [1.82, 2.24) is 0 Å². The molecule has 0 aromatic heterocycles. The molecule has 0 atom stereocenters. The number of hydrogen-bond acceptors (Lipinski definition) is 2. The zero-order chi connectivity index (χ0) is 12.8. The maximum atomic E-state index is 9.11. The van der Waals surface area contributed by atoms with E-state index in [1.54, 1.807) is 0 Å². The standard InChI is InChI=1S/C16H19NO/c1-13-7-5-6-8-14(13)11-12-16(17-18)15-9-3-2-4-10-15/h5-8,15,18H,2-4,9-10H2,1H3. The molecule has 1 fully saturated rings. The normalized spacial score (nSPS) is 17.1. The van der Waals surface area contributed by atoms with E-state index < -0.39 is 0 Å². The molecule has 0 spiro atoms. The van der Waals surface area contributed by atoms with Crippen LogP contribution in [-0.2, 0) is 0 Å². The third-order valence-corrected chi connectivity index (χ3v) is 3.57. The van der Waals surface area contributed by atoms with E-state index in [0.717, 1.165) is 24.0 Å². The Labute approximate surface area is 109 Å². The highest BCUT2D eigenvalue weighted by molar-refractivity contribution is 6.02. The number of benzene rings is 1. The zero-order valence-corrected chi connectivity index (χ0v) is 10.8. The Bertz CT molecular complexity index is 487. The van der Waals surface area contributed by atoms with Crippen LogP contribution in [0.2, 0.25) is 0 Å². The van der Waals surface area contributed by atoms with Crippen LogP contribution >= 0.6 is 0 Å². The Kier molecular flexibility index (Phi) is 4.41. The Balaban J connectivity index is 2.14. The molecule has 2 heteroatoms. The molecule has 18 heavy (non-hydrogen) atoms. The van der Waals surface area contributed by atoms with Crippen molar-refractivity contribution in [3.63, 3.8) is 0 Å². The smallest absolute Gasteiger partial charge is 0.132 e. The molecule has 0 saturated heterocycles. The topological polar surface area (TPSA) is 32.6 Å². The summed E-state index contributed by atoms with van der Waals surface area (Å²) in [4.78, 5) is 0. The first kappa shape index (κ1) is 12.7. The zero-order valence-electron chi connectivity index (χ0n) is 10.8. The average Bonchev–Trinajstić information content (AvgIpc) is 2.42. The van der Waals surface area contributed by atoms with Crippen LogP contribution < -0.4 is 0 Å². The van der Waals surface area contributed by atoms with Crippen LogP contribution in [-0.4, -0.2) is 10.9 Å². The van der Waals surface area contributed by atoms with Gasteiger partial charge in [0.05, 0.1) is 0 Å². The van der Waals surface area contributed by atoms with Crippen LogP contribution in [0.4, 0.5) is 0 Å². The Hall–Kier alpha value is -1.75. The number of hydrogen-bond donors (Lipinski definition) is 1. The van der Waals surface area contributed by atoms with Gasteiger partial charge in [-0.05, 0) is 37.3 Å². The van der Waals surface area contributed by atoms with Gasteiger partial charge < -0.3 is 5.21 Å². The van der Waals surface area contributed by atoms with Gasteiger partial charge in [-0.1, -0.05) is 48.5 Å². The molecule has 1 aromatic rings. The molecule has 1 aliphatic rings. The fraction of sp³-hybridized carbons (Fsp3) is 0.438. The first-order valence-electron chi connectivity index (χ1n) is 6.61. The van der Waals surface area contributed by atoms with Crippen molar-refractivity contribution < 1.29 is 5.21 Å². The molecule has 1 aliphatic carbocycles. The predicted octanol–water partition coefficient (Wildman–Crippen LogP) is 3.76. The third-order valence-electron chi connectivity index (χ3n) is 3.57. The summed E-state index contributed by atoms with van der Waals surface area (Å²) >= 11 is 0. The molecular formula is C16H19NO. The van der Waals surface area contributed by atoms with Gasteiger partial charge in [-0.2, -0.15) is 0 Å². The fourth-order valence-electron chi connectivity index (χ4n) is 2.43. The van der Waals surface area contributed by atoms with Crippen molar-refractivity contribution in [1.29, 1.82) is 0 Å². The molecule has 94 valence electrons. The average molecular weight is 241 g/mol. The predicted molar refractivity (Wildman–Crippen MR) is 73.9 cm³/mol. The van der Waals surface area contributed by atoms with Gasteiger partial charge in [-0.3, -0.25) is 0 Å². The van der Waals surface area contributed by atoms with Crippen molar-refractivity contribution in [3.8, 4) is 11.8 Å². The van der Waals surface area contributed by atoms with Crippen molar-refractivity contribution in [2.75, 3.05) is 0 Å². The maximum Gasteiger partial charge on any atom is 0.132 e. The summed E-state index contributed by atoms with van der Waals surface area (Å²) in [6.07, 6.45) is 5.93. The highest BCUT2D eigenvalue weighted by Gasteiger charge is 2.18. The van der Waals surface area contributed by atoms with Gasteiger partial charge in [0.15, 0.2) is 0 Å². The van der Waals surface area contributed by atoms with Crippen LogP contribution in [0.1, 0.15) is 43.2 Å². The van der Waals surface area contributed by atoms with Crippen LogP contribution in [0.15, 0.2) is 29.4 Å². The Morgan fingerprint density at radius 2 is 1.94 bits per heavy atom. The van der Waals surface area contributed by atoms with E-state index >= 15 is 0 Å². The lowest BCUT2D eigenvalue weighted by Gasteiger charge is -2.19. The molecule has 2 nitrogen and oxygen atoms in total. The second kappa shape index (κ2) is 6.26. The number of nitrogens with zero attached hydrogens (tertiary/aromatic N) is 1. The van der Waals surface area contributed by atoms with E-state index in [2.05, 4.69) is 17.0 Å². The molecule has 0 bridgehead atoms. The van der Waals surface area contributed by atoms with E-state index in [0.29, 0.717) is 11.6 Å². The number of rotatable bonds is 1. The number of oxime groups is 1. The van der Waals surface area contributed by atoms with E-state index in [1.807, 2.05) is 31.2 Å². The third kappa shape index (κ3) is 3.13. The summed E-state index contributed by atoms with van der Waals surface area (Å²) in [5, 5.41) is 12.5. The Morgan fingerprint density at radius 1 is 1.22 bits per heavy atom. The molecule has 0 aliphatic heterocycles. The minimum Gasteiger partial charge on any atom is -0.410 e. The first-order valence-corrected chi connectivity index (χ1v) is 6.61. The van der Waals surface area contributed by atoms with Crippen LogP contribution in [0.25, 0.3) is 0 Å². The van der Waals surface area contributed by atoms with Crippen LogP contribution in [0.3, 0.4) is 0 Å². The minimum atomic E-state index is 0.347. The molecule has 1 N–H and O–H groups in total. The van der Waals surface area contributed by atoms with Gasteiger partial charge in [0.1, 0.15) is 5.71 Å². The summed E-state index contributed by atoms with van der Waals surface area (Å²) in [7, 11) is 0. The summed E-state index contributed by atoms with van der Waals surface area (Å²) in [6.45, 7) is 2.04. The SMILES string of the molecule is Cc1ccccc1C#CC(=NO)C1CCCCC1. The van der Waals surface area contributed by atoms with E-state index in [1.165, 1.54) is 19.3 Å². The summed E-state index contributed by atoms with van der Waals surface area (Å²) < 4.78 is 0. The monoisotopic (exact) mass is 241 g/mol. The molecule has 0 unspecified atom stereocenters. The highest BCUT2D eigenvalue weighted by Crippen LogP contribution is 2.24. The van der Waals surface area contributed by atoms with Crippen molar-refractivity contribution >= 4 is 5.71 Å². The molecule has 0 radical (unpaired) electrons. The lowest BCUT2D eigenvalue weighted by molar-refractivity contribution is 0.311. The molecule has 2 rings (SSSR count). The van der Waals surface area contributed by atoms with Crippen molar-refractivity contribution in [3.05, 3.63) is 35.4 Å². The quantitative estimate of drug-likeness (QED) is 0.345. The summed E-state index contributed by atoms with van der Waals surface area (Å²) in [6, 6.07) is 8.02. The minimum absolute atomic E-state index is 0.347. The van der Waals surface area contributed by atoms with E-state index in [-0.39, 0.29) is 0 Å². The van der Waals surface area contributed by atoms with Crippen molar-refractivity contribution in [2.24, 2.45) is 11.1 Å². The van der Waals surface area contributed by atoms with Crippen molar-refractivity contribution in [2.45, 2.75) is 39.0 Å². The van der Waals surface area contributed by atoms with Gasteiger partial charge >= 0.3 is 0 Å². The highest BCUT2D eigenvalue weighted by atomic mass is 16.4. The van der Waals surface area contributed by atoms with Crippen LogP contribution in [0, 0.1) is 24.7 Å². The van der Waals surface area contributed by atoms with Gasteiger partial charge in [0, 0.05) is 11.5 Å². The van der Waals surface area contributed by atoms with E-state index in [4.69, 9.17) is 5.21 Å². The second-order valence-corrected chi connectivity index (χ2v) is 4.89. The van der Waals surface area contributed by atoms with Gasteiger partial charge in [0.25, 0.3) is 0 Å².